The molecule has 0 bridgehead atoms. The van der Waals surface area contributed by atoms with E-state index in [0.717, 1.165) is 32.6 Å². The van der Waals surface area contributed by atoms with Gasteiger partial charge in [-0.25, -0.2) is 0 Å². The Kier molecular flexibility index (Phi) is 4.96. The van der Waals surface area contributed by atoms with Gasteiger partial charge in [-0.3, -0.25) is 4.79 Å². The molecule has 152 valence electrons. The number of anilines is 1. The van der Waals surface area contributed by atoms with Crippen LogP contribution in [0.25, 0.3) is 20.2 Å². The maximum atomic E-state index is 13.3. The first-order valence-corrected chi connectivity index (χ1v) is 11.6. The molecule has 0 spiro atoms. The number of fused-ring (bicyclic) bond motifs is 3. The largest absolute Gasteiger partial charge is 0.508 e. The SMILES string of the molecule is Cc1ccc(NC[C@@H]2CCCN3CCCC[C@H]23)c2c(=O)c3cc(O)ccc3sc12. The van der Waals surface area contributed by atoms with Crippen LogP contribution < -0.4 is 10.7 Å². The molecule has 0 saturated carbocycles. The van der Waals surface area contributed by atoms with Crippen molar-refractivity contribution in [3.63, 3.8) is 0 Å². The number of phenols is 1. The van der Waals surface area contributed by atoms with Crippen LogP contribution in [0.1, 0.15) is 37.7 Å². The Morgan fingerprint density at radius 2 is 2.00 bits per heavy atom. The summed E-state index contributed by atoms with van der Waals surface area (Å²) in [5.41, 5.74) is 2.07. The lowest BCUT2D eigenvalue weighted by molar-refractivity contribution is 0.0649. The van der Waals surface area contributed by atoms with Gasteiger partial charge in [-0.1, -0.05) is 12.5 Å². The van der Waals surface area contributed by atoms with Crippen molar-refractivity contribution in [2.75, 3.05) is 25.0 Å². The summed E-state index contributed by atoms with van der Waals surface area (Å²) in [6, 6.07) is 9.95. The minimum atomic E-state index is 0.0128. The van der Waals surface area contributed by atoms with Crippen molar-refractivity contribution in [2.24, 2.45) is 5.92 Å². The van der Waals surface area contributed by atoms with Crippen LogP contribution in [0.2, 0.25) is 0 Å². The van der Waals surface area contributed by atoms with Gasteiger partial charge in [-0.05, 0) is 81.4 Å². The van der Waals surface area contributed by atoms with E-state index in [9.17, 15) is 9.90 Å². The number of aromatic hydroxyl groups is 1. The summed E-state index contributed by atoms with van der Waals surface area (Å²) in [6.07, 6.45) is 6.52. The molecule has 29 heavy (non-hydrogen) atoms. The molecule has 0 unspecified atom stereocenters. The number of rotatable bonds is 3. The summed E-state index contributed by atoms with van der Waals surface area (Å²) < 4.78 is 1.96. The molecule has 2 aliphatic heterocycles. The quantitative estimate of drug-likeness (QED) is 0.592. The molecule has 2 aliphatic rings. The molecule has 2 atom stereocenters. The van der Waals surface area contributed by atoms with E-state index in [4.69, 9.17) is 0 Å². The number of nitrogens with zero attached hydrogens (tertiary/aromatic N) is 1. The Morgan fingerprint density at radius 1 is 1.14 bits per heavy atom. The topological polar surface area (TPSA) is 52.6 Å². The fraction of sp³-hybridized carbons (Fsp3) is 0.458. The average Bonchev–Trinajstić information content (AvgIpc) is 2.74. The molecular weight excluding hydrogens is 380 g/mol. The standard InChI is InChI=1S/C24H28N2O2S/c1-15-7-9-19(25-14-16-5-4-12-26-11-3-2-6-20(16)26)22-23(28)18-13-17(27)8-10-21(18)29-24(15)22/h7-10,13,16,20,25,27H,2-6,11-12,14H2,1H3/t16-,20+/m0/s1. The van der Waals surface area contributed by atoms with Crippen molar-refractivity contribution in [1.82, 2.24) is 4.90 Å². The second-order valence-electron chi connectivity index (χ2n) is 8.63. The second kappa shape index (κ2) is 7.62. The molecule has 5 heteroatoms. The van der Waals surface area contributed by atoms with Crippen LogP contribution >= 0.6 is 11.3 Å². The molecule has 0 aliphatic carbocycles. The zero-order chi connectivity index (χ0) is 20.0. The first kappa shape index (κ1) is 18.9. The maximum Gasteiger partial charge on any atom is 0.198 e. The van der Waals surface area contributed by atoms with E-state index in [-0.39, 0.29) is 11.2 Å². The number of nitrogens with one attached hydrogen (secondary N) is 1. The first-order chi connectivity index (χ1) is 14.1. The van der Waals surface area contributed by atoms with Crippen molar-refractivity contribution in [3.05, 3.63) is 46.1 Å². The smallest absolute Gasteiger partial charge is 0.198 e. The van der Waals surface area contributed by atoms with Crippen LogP contribution in [0.4, 0.5) is 5.69 Å². The molecule has 2 fully saturated rings. The van der Waals surface area contributed by atoms with Crippen LogP contribution in [0.5, 0.6) is 5.75 Å². The Morgan fingerprint density at radius 3 is 2.90 bits per heavy atom. The van der Waals surface area contributed by atoms with Crippen molar-refractivity contribution in [2.45, 2.75) is 45.1 Å². The van der Waals surface area contributed by atoms with Crippen molar-refractivity contribution >= 4 is 37.2 Å². The van der Waals surface area contributed by atoms with Gasteiger partial charge >= 0.3 is 0 Å². The van der Waals surface area contributed by atoms with Gasteiger partial charge in [0.25, 0.3) is 0 Å². The summed E-state index contributed by atoms with van der Waals surface area (Å²) in [7, 11) is 0. The lowest BCUT2D eigenvalue weighted by Crippen LogP contribution is -2.49. The predicted octanol–water partition coefficient (Wildman–Crippen LogP) is 5.11. The molecule has 1 aromatic heterocycles. The highest BCUT2D eigenvalue weighted by Gasteiger charge is 2.32. The second-order valence-corrected chi connectivity index (χ2v) is 9.68. The Balaban J connectivity index is 1.51. The number of piperidine rings is 2. The van der Waals surface area contributed by atoms with E-state index in [1.165, 1.54) is 45.2 Å². The first-order valence-electron chi connectivity index (χ1n) is 10.8. The highest BCUT2D eigenvalue weighted by Crippen LogP contribution is 2.34. The third-order valence-electron chi connectivity index (χ3n) is 6.78. The van der Waals surface area contributed by atoms with Crippen LogP contribution in [0.3, 0.4) is 0 Å². The zero-order valence-corrected chi connectivity index (χ0v) is 17.7. The van der Waals surface area contributed by atoms with Gasteiger partial charge in [0.1, 0.15) is 5.75 Å². The normalized spacial score (nSPS) is 22.7. The van der Waals surface area contributed by atoms with Crippen LogP contribution in [0.15, 0.2) is 35.1 Å². The van der Waals surface area contributed by atoms with Crippen LogP contribution in [0, 0.1) is 12.8 Å². The lowest BCUT2D eigenvalue weighted by atomic mass is 9.83. The van der Waals surface area contributed by atoms with Crippen LogP contribution in [-0.2, 0) is 0 Å². The molecule has 2 N–H and O–H groups in total. The summed E-state index contributed by atoms with van der Waals surface area (Å²) in [5.74, 6) is 0.784. The van der Waals surface area contributed by atoms with Gasteiger partial charge in [0.05, 0.1) is 5.39 Å². The molecule has 0 amide bonds. The molecule has 5 rings (SSSR count). The van der Waals surface area contributed by atoms with Crippen molar-refractivity contribution < 1.29 is 5.11 Å². The minimum Gasteiger partial charge on any atom is -0.508 e. The fourth-order valence-electron chi connectivity index (χ4n) is 5.28. The number of hydrogen-bond acceptors (Lipinski definition) is 5. The number of aryl methyl sites for hydroxylation is 1. The Labute approximate surface area is 175 Å². The predicted molar refractivity (Wildman–Crippen MR) is 122 cm³/mol. The Hall–Kier alpha value is -2.11. The third-order valence-corrected chi connectivity index (χ3v) is 8.09. The monoisotopic (exact) mass is 408 g/mol. The van der Waals surface area contributed by atoms with E-state index in [1.807, 2.05) is 6.07 Å². The van der Waals surface area contributed by atoms with Crippen molar-refractivity contribution in [3.8, 4) is 5.75 Å². The third kappa shape index (κ3) is 3.40. The van der Waals surface area contributed by atoms with E-state index in [0.29, 0.717) is 17.3 Å². The number of phenolic OH excluding ortho intramolecular Hbond substituents is 1. The highest BCUT2D eigenvalue weighted by molar-refractivity contribution is 7.24. The van der Waals surface area contributed by atoms with E-state index >= 15 is 0 Å². The van der Waals surface area contributed by atoms with Gasteiger partial charge in [0.2, 0.25) is 0 Å². The summed E-state index contributed by atoms with van der Waals surface area (Å²) in [6.45, 7) is 5.48. The lowest BCUT2D eigenvalue weighted by Gasteiger charge is -2.44. The molecule has 2 aromatic carbocycles. The summed E-state index contributed by atoms with van der Waals surface area (Å²) >= 11 is 1.64. The average molecular weight is 409 g/mol. The van der Waals surface area contributed by atoms with E-state index < -0.39 is 0 Å². The summed E-state index contributed by atoms with van der Waals surface area (Å²) in [4.78, 5) is 16.0. The highest BCUT2D eigenvalue weighted by atomic mass is 32.1. The zero-order valence-electron chi connectivity index (χ0n) is 16.9. The molecule has 3 heterocycles. The number of benzene rings is 2. The Bertz CT molecular complexity index is 1120. The van der Waals surface area contributed by atoms with Crippen molar-refractivity contribution in [1.29, 1.82) is 0 Å². The van der Waals surface area contributed by atoms with Gasteiger partial charge < -0.3 is 15.3 Å². The molecule has 3 aromatic rings. The molecule has 2 saturated heterocycles. The fourth-order valence-corrected chi connectivity index (χ4v) is 6.43. The number of hydrogen-bond donors (Lipinski definition) is 2. The maximum absolute atomic E-state index is 13.3. The summed E-state index contributed by atoms with van der Waals surface area (Å²) in [5, 5.41) is 14.9. The van der Waals surface area contributed by atoms with Gasteiger partial charge in [0, 0.05) is 33.1 Å². The molecular formula is C24H28N2O2S. The van der Waals surface area contributed by atoms with E-state index in [2.05, 4.69) is 29.3 Å². The van der Waals surface area contributed by atoms with E-state index in [1.54, 1.807) is 23.5 Å². The van der Waals surface area contributed by atoms with Gasteiger partial charge in [-0.15, -0.1) is 11.3 Å². The van der Waals surface area contributed by atoms with Gasteiger partial charge in [-0.2, -0.15) is 0 Å². The molecule has 0 radical (unpaired) electrons. The molecule has 4 nitrogen and oxygen atoms in total. The van der Waals surface area contributed by atoms with Crippen LogP contribution in [-0.4, -0.2) is 35.7 Å². The minimum absolute atomic E-state index is 0.0128. The van der Waals surface area contributed by atoms with Gasteiger partial charge in [0.15, 0.2) is 5.43 Å².